The maximum absolute atomic E-state index is 12.9. The molecule has 6 nitrogen and oxygen atoms in total. The largest absolute Gasteiger partial charge is 0.357 e. The van der Waals surface area contributed by atoms with Gasteiger partial charge in [-0.2, -0.15) is 0 Å². The van der Waals surface area contributed by atoms with Crippen LogP contribution in [-0.2, 0) is 17.8 Å². The van der Waals surface area contributed by atoms with Crippen LogP contribution in [0.5, 0.6) is 0 Å². The lowest BCUT2D eigenvalue weighted by Crippen LogP contribution is -2.51. The summed E-state index contributed by atoms with van der Waals surface area (Å²) in [5.41, 5.74) is 3.95. The number of para-hydroxylation sites is 1. The number of likely N-dealkylation sites (tertiary alicyclic amines) is 1. The van der Waals surface area contributed by atoms with E-state index in [4.69, 9.17) is 0 Å². The summed E-state index contributed by atoms with van der Waals surface area (Å²) >= 11 is 0. The third kappa shape index (κ3) is 4.97. The molecule has 2 fully saturated rings. The quantitative estimate of drug-likeness (QED) is 0.776. The number of hydrogen-bond donors (Lipinski definition) is 1. The minimum absolute atomic E-state index is 0.299. The van der Waals surface area contributed by atoms with E-state index in [-0.39, 0.29) is 0 Å². The Bertz CT molecular complexity index is 879. The number of carbonyl (C=O) groups is 1. The Morgan fingerprint density at radius 2 is 1.58 bits per heavy atom. The Hall–Kier alpha value is -1.89. The van der Waals surface area contributed by atoms with Gasteiger partial charge in [-0.25, -0.2) is 0 Å². The number of H-pyrrole nitrogens is 1. The van der Waals surface area contributed by atoms with Crippen molar-refractivity contribution in [1.82, 2.24) is 24.6 Å². The second-order valence-corrected chi connectivity index (χ2v) is 9.57. The summed E-state index contributed by atoms with van der Waals surface area (Å²) in [6.07, 6.45) is 6.44. The fourth-order valence-corrected chi connectivity index (χ4v) is 5.60. The predicted molar refractivity (Wildman–Crippen MR) is 125 cm³/mol. The molecule has 1 N–H and O–H groups in total. The second-order valence-electron chi connectivity index (χ2n) is 9.57. The van der Waals surface area contributed by atoms with E-state index < -0.39 is 0 Å². The Balaban J connectivity index is 1.05. The van der Waals surface area contributed by atoms with E-state index in [1.807, 2.05) is 0 Å². The molecule has 0 radical (unpaired) electrons. The number of amides is 1. The molecule has 0 saturated carbocycles. The number of aromatic amines is 1. The average Bonchev–Trinajstić information content (AvgIpc) is 3.18. The highest BCUT2D eigenvalue weighted by molar-refractivity contribution is 5.85. The van der Waals surface area contributed by atoms with E-state index in [1.54, 1.807) is 0 Å². The van der Waals surface area contributed by atoms with Crippen molar-refractivity contribution in [3.8, 4) is 0 Å². The van der Waals surface area contributed by atoms with Gasteiger partial charge in [-0.1, -0.05) is 24.6 Å². The number of carbonyl (C=O) groups excluding carboxylic acids is 1. The van der Waals surface area contributed by atoms with Gasteiger partial charge in [-0.15, -0.1) is 0 Å². The smallest absolute Gasteiger partial charge is 0.236 e. The molecule has 4 heterocycles. The molecular weight excluding hydrogens is 386 g/mol. The monoisotopic (exact) mass is 423 g/mol. The Morgan fingerprint density at radius 1 is 0.839 bits per heavy atom. The first-order valence-corrected chi connectivity index (χ1v) is 12.3. The molecule has 3 aliphatic rings. The van der Waals surface area contributed by atoms with Crippen LogP contribution in [0.2, 0.25) is 0 Å². The van der Waals surface area contributed by atoms with Gasteiger partial charge in [0.2, 0.25) is 5.91 Å². The number of piperidine rings is 1. The molecule has 0 aliphatic carbocycles. The van der Waals surface area contributed by atoms with Crippen LogP contribution < -0.4 is 0 Å². The van der Waals surface area contributed by atoms with Gasteiger partial charge < -0.3 is 14.8 Å². The molecule has 3 aliphatic heterocycles. The van der Waals surface area contributed by atoms with E-state index >= 15 is 0 Å². The predicted octanol–water partition coefficient (Wildman–Crippen LogP) is 2.55. The zero-order valence-corrected chi connectivity index (χ0v) is 18.8. The standard InChI is InChI=1S/C25H37N5O/c31-25(20-29-14-9-22-21-7-2-3-8-23(21)26-24(22)19-29)30-17-15-28(16-18-30)13-6-12-27-10-4-1-5-11-27/h2-3,7-8,26H,1,4-6,9-20H2. The summed E-state index contributed by atoms with van der Waals surface area (Å²) < 4.78 is 0. The van der Waals surface area contributed by atoms with Gasteiger partial charge in [0.15, 0.2) is 0 Å². The van der Waals surface area contributed by atoms with Crippen LogP contribution in [-0.4, -0.2) is 95.9 Å². The van der Waals surface area contributed by atoms with E-state index in [9.17, 15) is 4.79 Å². The molecular formula is C25H37N5O. The topological polar surface area (TPSA) is 45.8 Å². The lowest BCUT2D eigenvalue weighted by molar-refractivity contribution is -0.134. The summed E-state index contributed by atoms with van der Waals surface area (Å²) in [5.74, 6) is 0.299. The number of benzene rings is 1. The summed E-state index contributed by atoms with van der Waals surface area (Å²) in [6.45, 7) is 11.2. The minimum atomic E-state index is 0.299. The zero-order chi connectivity index (χ0) is 21.0. The minimum Gasteiger partial charge on any atom is -0.357 e. The first-order valence-electron chi connectivity index (χ1n) is 12.3. The number of hydrogen-bond acceptors (Lipinski definition) is 4. The maximum Gasteiger partial charge on any atom is 0.236 e. The van der Waals surface area contributed by atoms with Crippen molar-refractivity contribution in [1.29, 1.82) is 0 Å². The first-order chi connectivity index (χ1) is 15.3. The Labute approximate surface area is 186 Å². The molecule has 2 saturated heterocycles. The number of rotatable bonds is 6. The average molecular weight is 424 g/mol. The maximum atomic E-state index is 12.9. The molecule has 0 atom stereocenters. The molecule has 1 aromatic heterocycles. The van der Waals surface area contributed by atoms with Gasteiger partial charge in [0, 0.05) is 55.9 Å². The zero-order valence-electron chi connectivity index (χ0n) is 18.8. The molecule has 6 heteroatoms. The van der Waals surface area contributed by atoms with Crippen LogP contribution in [0, 0.1) is 0 Å². The van der Waals surface area contributed by atoms with Crippen molar-refractivity contribution in [2.75, 3.05) is 65.4 Å². The highest BCUT2D eigenvalue weighted by Gasteiger charge is 2.26. The van der Waals surface area contributed by atoms with Crippen LogP contribution in [0.25, 0.3) is 10.9 Å². The molecule has 0 unspecified atom stereocenters. The van der Waals surface area contributed by atoms with Gasteiger partial charge in [-0.05, 0) is 63.5 Å². The molecule has 1 amide bonds. The lowest BCUT2D eigenvalue weighted by atomic mass is 10.0. The number of nitrogens with zero attached hydrogens (tertiary/aromatic N) is 4. The fourth-order valence-electron chi connectivity index (χ4n) is 5.60. The van der Waals surface area contributed by atoms with E-state index in [0.717, 1.165) is 45.7 Å². The Kier molecular flexibility index (Phi) is 6.58. The van der Waals surface area contributed by atoms with Crippen LogP contribution >= 0.6 is 0 Å². The van der Waals surface area contributed by atoms with Gasteiger partial charge in [0.05, 0.1) is 6.54 Å². The van der Waals surface area contributed by atoms with Crippen LogP contribution in [0.15, 0.2) is 24.3 Å². The molecule has 0 bridgehead atoms. The Morgan fingerprint density at radius 3 is 2.39 bits per heavy atom. The van der Waals surface area contributed by atoms with Crippen molar-refractivity contribution in [3.63, 3.8) is 0 Å². The van der Waals surface area contributed by atoms with E-state index in [1.165, 1.54) is 74.0 Å². The van der Waals surface area contributed by atoms with Crippen molar-refractivity contribution in [3.05, 3.63) is 35.5 Å². The van der Waals surface area contributed by atoms with Gasteiger partial charge in [0.25, 0.3) is 0 Å². The second kappa shape index (κ2) is 9.72. The van der Waals surface area contributed by atoms with Crippen LogP contribution in [0.1, 0.15) is 36.9 Å². The van der Waals surface area contributed by atoms with Crippen LogP contribution in [0.4, 0.5) is 0 Å². The fraction of sp³-hybridized carbons (Fsp3) is 0.640. The van der Waals surface area contributed by atoms with E-state index in [0.29, 0.717) is 12.5 Å². The highest BCUT2D eigenvalue weighted by atomic mass is 16.2. The highest BCUT2D eigenvalue weighted by Crippen LogP contribution is 2.27. The number of fused-ring (bicyclic) bond motifs is 3. The van der Waals surface area contributed by atoms with Gasteiger partial charge >= 0.3 is 0 Å². The van der Waals surface area contributed by atoms with Crippen molar-refractivity contribution in [2.45, 2.75) is 38.6 Å². The molecule has 168 valence electrons. The van der Waals surface area contributed by atoms with E-state index in [2.05, 4.69) is 48.8 Å². The number of aromatic nitrogens is 1. The summed E-state index contributed by atoms with van der Waals surface area (Å²) in [6, 6.07) is 8.55. The first kappa shape index (κ1) is 21.0. The summed E-state index contributed by atoms with van der Waals surface area (Å²) in [7, 11) is 0. The molecule has 2 aromatic rings. The number of nitrogens with one attached hydrogen (secondary N) is 1. The van der Waals surface area contributed by atoms with Crippen molar-refractivity contribution >= 4 is 16.8 Å². The third-order valence-corrected chi connectivity index (χ3v) is 7.44. The normalized spacial score (nSPS) is 21.5. The lowest BCUT2D eigenvalue weighted by Gasteiger charge is -2.36. The third-order valence-electron chi connectivity index (χ3n) is 7.44. The summed E-state index contributed by atoms with van der Waals surface area (Å²) in [4.78, 5) is 26.1. The van der Waals surface area contributed by atoms with Crippen LogP contribution in [0.3, 0.4) is 0 Å². The van der Waals surface area contributed by atoms with Crippen molar-refractivity contribution < 1.29 is 4.79 Å². The van der Waals surface area contributed by atoms with Crippen molar-refractivity contribution in [2.24, 2.45) is 0 Å². The van der Waals surface area contributed by atoms with Gasteiger partial charge in [-0.3, -0.25) is 14.6 Å². The molecule has 0 spiro atoms. The molecule has 31 heavy (non-hydrogen) atoms. The SMILES string of the molecule is O=C(CN1CCc2c([nH]c3ccccc23)C1)N1CCN(CCCN2CCCCC2)CC1. The number of piperazine rings is 1. The van der Waals surface area contributed by atoms with Gasteiger partial charge in [0.1, 0.15) is 0 Å². The molecule has 5 rings (SSSR count). The summed E-state index contributed by atoms with van der Waals surface area (Å²) in [5, 5.41) is 1.35. The molecule has 1 aromatic carbocycles.